The number of methoxy groups -OCH3 is 1. The summed E-state index contributed by atoms with van der Waals surface area (Å²) in [5, 5.41) is 3.78. The van der Waals surface area contributed by atoms with Gasteiger partial charge in [-0.2, -0.15) is 0 Å². The van der Waals surface area contributed by atoms with Crippen LogP contribution in [0.4, 0.5) is 0 Å². The molecule has 0 radical (unpaired) electrons. The Bertz CT molecular complexity index is 995. The molecular weight excluding hydrogens is 410 g/mol. The highest BCUT2D eigenvalue weighted by atomic mass is 35.5. The smallest absolute Gasteiger partial charge is 0.220 e. The van der Waals surface area contributed by atoms with Gasteiger partial charge in [-0.3, -0.25) is 4.79 Å². The van der Waals surface area contributed by atoms with Gasteiger partial charge in [-0.25, -0.2) is 0 Å². The fourth-order valence-electron chi connectivity index (χ4n) is 3.74. The number of hydrogen-bond donors (Lipinski definition) is 1. The molecule has 1 atom stereocenters. The second kappa shape index (κ2) is 10.5. The van der Waals surface area contributed by atoms with E-state index in [0.29, 0.717) is 17.9 Å². The summed E-state index contributed by atoms with van der Waals surface area (Å²) in [4.78, 5) is 14.6. The Kier molecular flexibility index (Phi) is 7.77. The third kappa shape index (κ3) is 6.12. The van der Waals surface area contributed by atoms with Gasteiger partial charge in [0.15, 0.2) is 0 Å². The van der Waals surface area contributed by atoms with Crippen molar-refractivity contribution in [1.82, 2.24) is 14.8 Å². The molecule has 3 aromatic rings. The summed E-state index contributed by atoms with van der Waals surface area (Å²) < 4.78 is 7.50. The zero-order valence-electron chi connectivity index (χ0n) is 18.6. The quantitative estimate of drug-likeness (QED) is 0.520. The maximum Gasteiger partial charge on any atom is 0.220 e. The molecule has 3 rings (SSSR count). The summed E-state index contributed by atoms with van der Waals surface area (Å²) in [6.07, 6.45) is 1.07. The van der Waals surface area contributed by atoms with Gasteiger partial charge in [0.05, 0.1) is 12.8 Å². The van der Waals surface area contributed by atoms with E-state index < -0.39 is 0 Å². The van der Waals surface area contributed by atoms with Crippen molar-refractivity contribution in [3.05, 3.63) is 71.4 Å². The zero-order chi connectivity index (χ0) is 22.4. The van der Waals surface area contributed by atoms with Gasteiger partial charge in [-0.15, -0.1) is 0 Å². The highest BCUT2D eigenvalue weighted by Gasteiger charge is 2.15. The SMILES string of the molecule is COc1ccc(-n2c(CCC(=O)N[C@H](C)CN(C)C)ccc2-c2ccc(Cl)cc2)cc1. The molecule has 31 heavy (non-hydrogen) atoms. The lowest BCUT2D eigenvalue weighted by atomic mass is 10.1. The summed E-state index contributed by atoms with van der Waals surface area (Å²) in [5.41, 5.74) is 4.21. The van der Waals surface area contributed by atoms with Gasteiger partial charge in [0, 0.05) is 35.4 Å². The highest BCUT2D eigenvalue weighted by molar-refractivity contribution is 6.30. The monoisotopic (exact) mass is 439 g/mol. The van der Waals surface area contributed by atoms with E-state index in [2.05, 4.69) is 26.9 Å². The largest absolute Gasteiger partial charge is 0.497 e. The molecule has 0 aliphatic carbocycles. The standard InChI is InChI=1S/C25H30ClN3O2/c1-18(17-28(2)3)27-25(30)16-12-22-11-15-24(19-5-7-20(26)8-6-19)29(22)21-9-13-23(31-4)14-10-21/h5-11,13-15,18H,12,16-17H2,1-4H3,(H,27,30)/t18-/m1/s1. The number of aromatic nitrogens is 1. The Labute approximate surface area is 189 Å². The number of halogens is 1. The van der Waals surface area contributed by atoms with Gasteiger partial charge >= 0.3 is 0 Å². The van der Waals surface area contributed by atoms with Crippen LogP contribution in [0.15, 0.2) is 60.7 Å². The van der Waals surface area contributed by atoms with Gasteiger partial charge in [-0.05, 0) is 81.5 Å². The number of nitrogens with zero attached hydrogens (tertiary/aromatic N) is 2. The number of ether oxygens (including phenoxy) is 1. The summed E-state index contributed by atoms with van der Waals surface area (Å²) in [5.74, 6) is 0.865. The number of benzene rings is 2. The number of hydrogen-bond acceptors (Lipinski definition) is 3. The Morgan fingerprint density at radius 1 is 1.06 bits per heavy atom. The first-order chi connectivity index (χ1) is 14.9. The molecule has 1 N–H and O–H groups in total. The van der Waals surface area contributed by atoms with E-state index in [-0.39, 0.29) is 11.9 Å². The summed E-state index contributed by atoms with van der Waals surface area (Å²) >= 11 is 6.08. The molecule has 0 fully saturated rings. The first kappa shape index (κ1) is 22.9. The first-order valence-corrected chi connectivity index (χ1v) is 10.8. The van der Waals surface area contributed by atoms with Crippen molar-refractivity contribution in [1.29, 1.82) is 0 Å². The number of amides is 1. The topological polar surface area (TPSA) is 46.5 Å². The molecular formula is C25H30ClN3O2. The minimum absolute atomic E-state index is 0.0601. The summed E-state index contributed by atoms with van der Waals surface area (Å²) in [6.45, 7) is 2.84. The van der Waals surface area contributed by atoms with Gasteiger partial charge < -0.3 is 19.5 Å². The minimum Gasteiger partial charge on any atom is -0.497 e. The third-order valence-electron chi connectivity index (χ3n) is 5.09. The van der Waals surface area contributed by atoms with Crippen LogP contribution in [0.2, 0.25) is 5.02 Å². The normalized spacial score (nSPS) is 12.1. The van der Waals surface area contributed by atoms with Crippen molar-refractivity contribution in [2.75, 3.05) is 27.7 Å². The molecule has 1 amide bonds. The number of rotatable bonds is 9. The molecule has 0 unspecified atom stereocenters. The number of nitrogens with one attached hydrogen (secondary N) is 1. The van der Waals surface area contributed by atoms with Gasteiger partial charge in [0.25, 0.3) is 0 Å². The molecule has 0 bridgehead atoms. The van der Waals surface area contributed by atoms with Crippen LogP contribution in [-0.4, -0.2) is 49.2 Å². The Morgan fingerprint density at radius 2 is 1.74 bits per heavy atom. The van der Waals surface area contributed by atoms with Crippen LogP contribution < -0.4 is 10.1 Å². The first-order valence-electron chi connectivity index (χ1n) is 10.4. The van der Waals surface area contributed by atoms with Gasteiger partial charge in [-0.1, -0.05) is 23.7 Å². The lowest BCUT2D eigenvalue weighted by Crippen LogP contribution is -2.39. The number of carbonyl (C=O) groups excluding carboxylic acids is 1. The van der Waals surface area contributed by atoms with Crippen LogP contribution in [0.1, 0.15) is 19.0 Å². The van der Waals surface area contributed by atoms with Crippen molar-refractivity contribution in [2.24, 2.45) is 0 Å². The molecule has 0 spiro atoms. The minimum atomic E-state index is 0.0601. The number of carbonyl (C=O) groups is 1. The van der Waals surface area contributed by atoms with Crippen molar-refractivity contribution in [3.63, 3.8) is 0 Å². The van der Waals surface area contributed by atoms with Crippen molar-refractivity contribution < 1.29 is 9.53 Å². The maximum absolute atomic E-state index is 12.5. The molecule has 0 saturated heterocycles. The fourth-order valence-corrected chi connectivity index (χ4v) is 3.86. The molecule has 2 aromatic carbocycles. The summed E-state index contributed by atoms with van der Waals surface area (Å²) in [6, 6.07) is 20.0. The van der Waals surface area contributed by atoms with E-state index >= 15 is 0 Å². The predicted octanol–water partition coefficient (Wildman–Crippen LogP) is 4.81. The molecule has 0 aliphatic rings. The summed E-state index contributed by atoms with van der Waals surface area (Å²) in [7, 11) is 5.66. The van der Waals surface area contributed by atoms with E-state index in [1.165, 1.54) is 0 Å². The van der Waals surface area contributed by atoms with E-state index in [9.17, 15) is 4.79 Å². The lowest BCUT2D eigenvalue weighted by molar-refractivity contribution is -0.121. The van der Waals surface area contributed by atoms with Crippen LogP contribution in [0.5, 0.6) is 5.75 Å². The Morgan fingerprint density at radius 3 is 2.35 bits per heavy atom. The van der Waals surface area contributed by atoms with Crippen LogP contribution in [0, 0.1) is 0 Å². The molecule has 0 aliphatic heterocycles. The van der Waals surface area contributed by atoms with Gasteiger partial charge in [0.2, 0.25) is 5.91 Å². The Hall–Kier alpha value is -2.76. The predicted molar refractivity (Wildman–Crippen MR) is 127 cm³/mol. The van der Waals surface area contributed by atoms with Crippen molar-refractivity contribution >= 4 is 17.5 Å². The van der Waals surface area contributed by atoms with Crippen molar-refractivity contribution in [3.8, 4) is 22.7 Å². The average Bonchev–Trinajstić information content (AvgIpc) is 3.16. The average molecular weight is 440 g/mol. The second-order valence-corrected chi connectivity index (χ2v) is 8.42. The van der Waals surface area contributed by atoms with Crippen LogP contribution in [0.3, 0.4) is 0 Å². The molecule has 1 aromatic heterocycles. The van der Waals surface area contributed by atoms with Gasteiger partial charge in [0.1, 0.15) is 5.75 Å². The van der Waals surface area contributed by atoms with Crippen LogP contribution in [0.25, 0.3) is 16.9 Å². The molecule has 164 valence electrons. The Balaban J connectivity index is 1.86. The van der Waals surface area contributed by atoms with Crippen molar-refractivity contribution in [2.45, 2.75) is 25.8 Å². The van der Waals surface area contributed by atoms with Crippen LogP contribution >= 0.6 is 11.6 Å². The number of likely N-dealkylation sites (N-methyl/N-ethyl adjacent to an activating group) is 1. The van der Waals surface area contributed by atoms with E-state index in [4.69, 9.17) is 16.3 Å². The van der Waals surface area contributed by atoms with E-state index in [1.807, 2.05) is 69.6 Å². The molecule has 5 nitrogen and oxygen atoms in total. The second-order valence-electron chi connectivity index (χ2n) is 7.98. The molecule has 6 heteroatoms. The third-order valence-corrected chi connectivity index (χ3v) is 5.34. The van der Waals surface area contributed by atoms with E-state index in [1.54, 1.807) is 7.11 Å². The number of aryl methyl sites for hydroxylation is 1. The fraction of sp³-hybridized carbons (Fsp3) is 0.320. The highest BCUT2D eigenvalue weighted by Crippen LogP contribution is 2.29. The van der Waals surface area contributed by atoms with Crippen LogP contribution in [-0.2, 0) is 11.2 Å². The zero-order valence-corrected chi connectivity index (χ0v) is 19.3. The molecule has 1 heterocycles. The van der Waals surface area contributed by atoms with E-state index in [0.717, 1.165) is 34.9 Å². The maximum atomic E-state index is 12.5. The lowest BCUT2D eigenvalue weighted by Gasteiger charge is -2.18. The molecule has 0 saturated carbocycles.